The molecule has 1 aliphatic heterocycles. The van der Waals surface area contributed by atoms with E-state index < -0.39 is 0 Å². The Morgan fingerprint density at radius 2 is 1.85 bits per heavy atom. The topological polar surface area (TPSA) is 15.3 Å². The van der Waals surface area contributed by atoms with Crippen LogP contribution in [0, 0.1) is 5.41 Å². The predicted molar refractivity (Wildman–Crippen MR) is 91.6 cm³/mol. The van der Waals surface area contributed by atoms with Crippen LogP contribution in [0.3, 0.4) is 0 Å². The summed E-state index contributed by atoms with van der Waals surface area (Å²) in [6, 6.07) is 0.737. The fourth-order valence-corrected chi connectivity index (χ4v) is 4.78. The van der Waals surface area contributed by atoms with Crippen LogP contribution in [0.1, 0.15) is 60.3 Å². The molecular formula is C17H34N2S. The SMILES string of the molecule is CC1SCCN(CC2(CNC(C)(C)C)CCCC2)C1C. The zero-order valence-corrected chi connectivity index (χ0v) is 15.0. The minimum absolute atomic E-state index is 0.242. The van der Waals surface area contributed by atoms with Gasteiger partial charge in [-0.2, -0.15) is 11.8 Å². The molecule has 2 rings (SSSR count). The van der Waals surface area contributed by atoms with Gasteiger partial charge in [-0.15, -0.1) is 0 Å². The summed E-state index contributed by atoms with van der Waals surface area (Å²) in [5.74, 6) is 1.31. The van der Waals surface area contributed by atoms with E-state index in [4.69, 9.17) is 0 Å². The van der Waals surface area contributed by atoms with Crippen LogP contribution in [-0.4, -0.2) is 47.1 Å². The Morgan fingerprint density at radius 3 is 2.45 bits per heavy atom. The number of hydrogen-bond donors (Lipinski definition) is 1. The minimum atomic E-state index is 0.242. The highest BCUT2D eigenvalue weighted by molar-refractivity contribution is 8.00. The average Bonchev–Trinajstić information content (AvgIpc) is 2.81. The standard InChI is InChI=1S/C17H34N2S/c1-14-15(2)20-11-10-19(14)13-17(8-6-7-9-17)12-18-16(3,4)5/h14-15,18H,6-13H2,1-5H3. The van der Waals surface area contributed by atoms with E-state index in [-0.39, 0.29) is 5.54 Å². The first kappa shape index (κ1) is 16.6. The van der Waals surface area contributed by atoms with Gasteiger partial charge in [0.2, 0.25) is 0 Å². The quantitative estimate of drug-likeness (QED) is 0.851. The summed E-state index contributed by atoms with van der Waals surface area (Å²) >= 11 is 2.15. The summed E-state index contributed by atoms with van der Waals surface area (Å²) in [4.78, 5) is 2.77. The molecule has 0 radical (unpaired) electrons. The normalized spacial score (nSPS) is 31.6. The lowest BCUT2D eigenvalue weighted by Crippen LogP contribution is -2.52. The van der Waals surface area contributed by atoms with Gasteiger partial charge < -0.3 is 5.32 Å². The van der Waals surface area contributed by atoms with E-state index in [1.165, 1.54) is 51.1 Å². The van der Waals surface area contributed by atoms with Crippen molar-refractivity contribution in [3.05, 3.63) is 0 Å². The minimum Gasteiger partial charge on any atom is -0.311 e. The molecule has 118 valence electrons. The molecule has 1 saturated heterocycles. The second kappa shape index (κ2) is 6.58. The first-order valence-electron chi connectivity index (χ1n) is 8.42. The van der Waals surface area contributed by atoms with E-state index in [2.05, 4.69) is 56.6 Å². The number of nitrogens with zero attached hydrogens (tertiary/aromatic N) is 1. The van der Waals surface area contributed by atoms with Crippen molar-refractivity contribution in [2.45, 2.75) is 77.1 Å². The van der Waals surface area contributed by atoms with E-state index >= 15 is 0 Å². The Kier molecular flexibility index (Phi) is 5.47. The third kappa shape index (κ3) is 4.38. The van der Waals surface area contributed by atoms with Crippen LogP contribution in [0.2, 0.25) is 0 Å². The van der Waals surface area contributed by atoms with Crippen LogP contribution in [0.4, 0.5) is 0 Å². The molecule has 3 heteroatoms. The molecule has 0 amide bonds. The van der Waals surface area contributed by atoms with Crippen molar-refractivity contribution in [3.8, 4) is 0 Å². The third-order valence-corrected chi connectivity index (χ3v) is 6.55. The van der Waals surface area contributed by atoms with Gasteiger partial charge in [-0.1, -0.05) is 19.8 Å². The first-order valence-corrected chi connectivity index (χ1v) is 9.47. The maximum atomic E-state index is 3.79. The van der Waals surface area contributed by atoms with Crippen LogP contribution in [0.5, 0.6) is 0 Å². The number of hydrogen-bond acceptors (Lipinski definition) is 3. The molecule has 2 aliphatic rings. The molecule has 0 bridgehead atoms. The van der Waals surface area contributed by atoms with Crippen molar-refractivity contribution in [2.75, 3.05) is 25.4 Å². The maximum Gasteiger partial charge on any atom is 0.0184 e. The molecule has 1 heterocycles. The van der Waals surface area contributed by atoms with Crippen molar-refractivity contribution in [3.63, 3.8) is 0 Å². The number of thioether (sulfide) groups is 1. The number of nitrogens with one attached hydrogen (secondary N) is 1. The van der Waals surface area contributed by atoms with E-state index in [0.717, 1.165) is 11.3 Å². The highest BCUT2D eigenvalue weighted by Gasteiger charge is 2.38. The second-order valence-electron chi connectivity index (χ2n) is 8.10. The van der Waals surface area contributed by atoms with Gasteiger partial charge >= 0.3 is 0 Å². The number of rotatable bonds is 4. The molecule has 0 aromatic heterocycles. The Bertz CT molecular complexity index is 305. The van der Waals surface area contributed by atoms with Gasteiger partial charge in [0.05, 0.1) is 0 Å². The van der Waals surface area contributed by atoms with Crippen molar-refractivity contribution >= 4 is 11.8 Å². The van der Waals surface area contributed by atoms with Crippen molar-refractivity contribution in [2.24, 2.45) is 5.41 Å². The summed E-state index contributed by atoms with van der Waals surface area (Å²) in [5, 5.41) is 4.58. The van der Waals surface area contributed by atoms with Crippen LogP contribution < -0.4 is 5.32 Å². The third-order valence-electron chi connectivity index (χ3n) is 5.21. The van der Waals surface area contributed by atoms with Gasteiger partial charge in [0.25, 0.3) is 0 Å². The van der Waals surface area contributed by atoms with Gasteiger partial charge in [-0.3, -0.25) is 4.90 Å². The van der Waals surface area contributed by atoms with Crippen molar-refractivity contribution in [1.82, 2.24) is 10.2 Å². The smallest absolute Gasteiger partial charge is 0.0184 e. The second-order valence-corrected chi connectivity index (χ2v) is 9.58. The highest BCUT2D eigenvalue weighted by Crippen LogP contribution is 2.40. The largest absolute Gasteiger partial charge is 0.311 e. The molecule has 20 heavy (non-hydrogen) atoms. The van der Waals surface area contributed by atoms with Crippen LogP contribution >= 0.6 is 11.8 Å². The maximum absolute atomic E-state index is 3.79. The molecule has 2 nitrogen and oxygen atoms in total. The average molecular weight is 299 g/mol. The summed E-state index contributed by atoms with van der Waals surface area (Å²) in [7, 11) is 0. The Morgan fingerprint density at radius 1 is 1.20 bits per heavy atom. The van der Waals surface area contributed by atoms with E-state index in [9.17, 15) is 0 Å². The zero-order chi connectivity index (χ0) is 14.8. The van der Waals surface area contributed by atoms with Gasteiger partial charge in [0.1, 0.15) is 0 Å². The van der Waals surface area contributed by atoms with E-state index in [1.54, 1.807) is 0 Å². The van der Waals surface area contributed by atoms with E-state index in [0.29, 0.717) is 5.41 Å². The summed E-state index contributed by atoms with van der Waals surface area (Å²) in [5.41, 5.74) is 0.773. The lowest BCUT2D eigenvalue weighted by molar-refractivity contribution is 0.111. The fraction of sp³-hybridized carbons (Fsp3) is 1.00. The zero-order valence-electron chi connectivity index (χ0n) is 14.2. The summed E-state index contributed by atoms with van der Waals surface area (Å²) in [6.45, 7) is 15.5. The Labute approximate surface area is 130 Å². The first-order chi connectivity index (χ1) is 9.31. The predicted octanol–water partition coefficient (Wildman–Crippen LogP) is 3.76. The van der Waals surface area contributed by atoms with Crippen LogP contribution in [-0.2, 0) is 0 Å². The molecule has 2 unspecified atom stereocenters. The molecule has 2 atom stereocenters. The summed E-state index contributed by atoms with van der Waals surface area (Å²) < 4.78 is 0. The van der Waals surface area contributed by atoms with E-state index in [1.807, 2.05) is 0 Å². The molecule has 0 aromatic rings. The van der Waals surface area contributed by atoms with Gasteiger partial charge in [0, 0.05) is 42.2 Å². The summed E-state index contributed by atoms with van der Waals surface area (Å²) in [6.07, 6.45) is 5.69. The van der Waals surface area contributed by atoms with Crippen molar-refractivity contribution < 1.29 is 0 Å². The molecule has 2 fully saturated rings. The lowest BCUT2D eigenvalue weighted by Gasteiger charge is -2.44. The fourth-order valence-electron chi connectivity index (χ4n) is 3.62. The monoisotopic (exact) mass is 298 g/mol. The molecule has 0 spiro atoms. The van der Waals surface area contributed by atoms with Crippen LogP contribution in [0.15, 0.2) is 0 Å². The van der Waals surface area contributed by atoms with Gasteiger partial charge in [-0.05, 0) is 46.0 Å². The van der Waals surface area contributed by atoms with Gasteiger partial charge in [-0.25, -0.2) is 0 Å². The molecule has 1 N–H and O–H groups in total. The molecule has 1 aliphatic carbocycles. The molecule has 0 aromatic carbocycles. The lowest BCUT2D eigenvalue weighted by atomic mass is 9.84. The Hall–Kier alpha value is 0.270. The molecular weight excluding hydrogens is 264 g/mol. The van der Waals surface area contributed by atoms with Crippen LogP contribution in [0.25, 0.3) is 0 Å². The molecule has 1 saturated carbocycles. The Balaban J connectivity index is 1.98. The van der Waals surface area contributed by atoms with Crippen molar-refractivity contribution in [1.29, 1.82) is 0 Å². The van der Waals surface area contributed by atoms with Gasteiger partial charge in [0.15, 0.2) is 0 Å². The highest BCUT2D eigenvalue weighted by atomic mass is 32.2.